The van der Waals surface area contributed by atoms with Gasteiger partial charge < -0.3 is 9.84 Å². The summed E-state index contributed by atoms with van der Waals surface area (Å²) in [6.07, 6.45) is 3.71. The smallest absolute Gasteiger partial charge is 0.309 e. The Balaban J connectivity index is 2.10. The lowest BCUT2D eigenvalue weighted by molar-refractivity contribution is -0.156. The summed E-state index contributed by atoms with van der Waals surface area (Å²) in [6.45, 7) is 0. The van der Waals surface area contributed by atoms with Crippen LogP contribution >= 0.6 is 0 Å². The monoisotopic (exact) mass is 184 g/mol. The number of aliphatic hydroxyl groups excluding tert-OH is 1. The van der Waals surface area contributed by atoms with Gasteiger partial charge in [-0.2, -0.15) is 0 Å². The van der Waals surface area contributed by atoms with Crippen LogP contribution in [-0.4, -0.2) is 24.3 Å². The minimum atomic E-state index is -0.267. The molecule has 3 fully saturated rings. The number of aliphatic hydroxyl groups is 1. The predicted octanol–water partition coefficient (Wildman–Crippen LogP) is 0.956. The van der Waals surface area contributed by atoms with Gasteiger partial charge in [-0.3, -0.25) is 4.79 Å². The van der Waals surface area contributed by atoms with Crippen molar-refractivity contribution in [3.8, 4) is 0 Å². The third-order valence-electron chi connectivity index (χ3n) is 3.59. The zero-order valence-electron chi connectivity index (χ0n) is 7.90. The van der Waals surface area contributed by atoms with E-state index in [2.05, 4.69) is 0 Å². The number of hydrogen-bond donors (Lipinski definition) is 1. The fraction of sp³-hybridized carbons (Fsp3) is 0.900. The van der Waals surface area contributed by atoms with Crippen LogP contribution in [0.3, 0.4) is 0 Å². The van der Waals surface area contributed by atoms with Crippen LogP contribution in [0.25, 0.3) is 0 Å². The van der Waals surface area contributed by atoms with Crippen molar-refractivity contribution in [2.24, 2.45) is 17.8 Å². The van der Waals surface area contributed by atoms with Crippen LogP contribution in [0.4, 0.5) is 0 Å². The van der Waals surface area contributed by atoms with Gasteiger partial charge in [-0.25, -0.2) is 0 Å². The molecule has 3 heteroatoms. The normalized spacial score (nSPS) is 43.2. The molecule has 0 aromatic carbocycles. The van der Waals surface area contributed by atoms with E-state index in [1.54, 1.807) is 0 Å². The van der Waals surface area contributed by atoms with Gasteiger partial charge in [-0.1, -0.05) is 0 Å². The van der Waals surface area contributed by atoms with Gasteiger partial charge in [0.2, 0.25) is 0 Å². The van der Waals surface area contributed by atoms with Gasteiger partial charge in [0.15, 0.2) is 0 Å². The molecule has 0 radical (unpaired) electrons. The zero-order chi connectivity index (χ0) is 9.42. The van der Waals surface area contributed by atoms with E-state index >= 15 is 0 Å². The average molecular weight is 184 g/mol. The van der Waals surface area contributed by atoms with Crippen molar-refractivity contribution in [1.82, 2.24) is 0 Å². The van der Waals surface area contributed by atoms with Crippen LogP contribution < -0.4 is 0 Å². The van der Waals surface area contributed by atoms with Crippen LogP contribution in [0, 0.1) is 17.8 Å². The van der Waals surface area contributed by atoms with E-state index in [1.807, 2.05) is 0 Å². The zero-order valence-corrected chi connectivity index (χ0v) is 7.90. The molecule has 0 aromatic heterocycles. The van der Waals surface area contributed by atoms with Gasteiger partial charge in [0.1, 0.15) is 0 Å². The van der Waals surface area contributed by atoms with E-state index in [0.717, 1.165) is 19.3 Å². The maximum absolute atomic E-state index is 11.4. The van der Waals surface area contributed by atoms with Gasteiger partial charge in [-0.15, -0.1) is 0 Å². The summed E-state index contributed by atoms with van der Waals surface area (Å²) < 4.78 is 4.74. The van der Waals surface area contributed by atoms with E-state index in [9.17, 15) is 9.90 Å². The molecular weight excluding hydrogens is 168 g/mol. The second kappa shape index (κ2) is 3.29. The minimum absolute atomic E-state index is 0.0347. The molecule has 13 heavy (non-hydrogen) atoms. The molecule has 3 aliphatic rings. The number of ether oxygens (including phenoxy) is 1. The van der Waals surface area contributed by atoms with Crippen molar-refractivity contribution >= 4 is 5.97 Å². The van der Waals surface area contributed by atoms with Gasteiger partial charge in [0, 0.05) is 0 Å². The van der Waals surface area contributed by atoms with E-state index in [0.29, 0.717) is 5.92 Å². The highest BCUT2D eigenvalue weighted by atomic mass is 16.5. The van der Waals surface area contributed by atoms with Crippen LogP contribution in [-0.2, 0) is 9.53 Å². The molecule has 3 nitrogen and oxygen atoms in total. The summed E-state index contributed by atoms with van der Waals surface area (Å²) in [6, 6.07) is 0. The molecule has 2 bridgehead atoms. The molecule has 0 heterocycles. The third kappa shape index (κ3) is 1.46. The van der Waals surface area contributed by atoms with Gasteiger partial charge in [0.25, 0.3) is 0 Å². The van der Waals surface area contributed by atoms with Crippen LogP contribution in [0.5, 0.6) is 0 Å². The molecule has 0 amide bonds. The van der Waals surface area contributed by atoms with Gasteiger partial charge >= 0.3 is 5.97 Å². The summed E-state index contributed by atoms with van der Waals surface area (Å²) in [5, 5.41) is 9.71. The second-order valence-corrected chi connectivity index (χ2v) is 4.28. The number of esters is 1. The van der Waals surface area contributed by atoms with E-state index in [4.69, 9.17) is 4.74 Å². The van der Waals surface area contributed by atoms with Gasteiger partial charge in [0.05, 0.1) is 19.1 Å². The maximum atomic E-state index is 11.4. The first-order valence-electron chi connectivity index (χ1n) is 4.98. The Kier molecular flexibility index (Phi) is 2.28. The number of methoxy groups -OCH3 is 1. The molecule has 3 rings (SSSR count). The first-order chi connectivity index (χ1) is 6.22. The topological polar surface area (TPSA) is 46.5 Å². The Morgan fingerprint density at radius 1 is 1.38 bits per heavy atom. The molecule has 0 spiro atoms. The molecule has 0 saturated heterocycles. The highest BCUT2D eigenvalue weighted by Gasteiger charge is 2.44. The molecular formula is C10H16O3. The van der Waals surface area contributed by atoms with Crippen molar-refractivity contribution in [3.63, 3.8) is 0 Å². The van der Waals surface area contributed by atoms with Gasteiger partial charge in [-0.05, 0) is 37.5 Å². The lowest BCUT2D eigenvalue weighted by Crippen LogP contribution is -2.44. The summed E-state index contributed by atoms with van der Waals surface area (Å²) in [5.74, 6) is 0.544. The molecule has 4 atom stereocenters. The summed E-state index contributed by atoms with van der Waals surface area (Å²) >= 11 is 0. The van der Waals surface area contributed by atoms with Crippen molar-refractivity contribution in [2.75, 3.05) is 7.11 Å². The lowest BCUT2D eigenvalue weighted by atomic mass is 9.63. The van der Waals surface area contributed by atoms with Crippen molar-refractivity contribution < 1.29 is 14.6 Å². The number of rotatable bonds is 1. The number of carbonyl (C=O) groups excluding carboxylic acids is 1. The van der Waals surface area contributed by atoms with Crippen molar-refractivity contribution in [3.05, 3.63) is 0 Å². The highest BCUT2D eigenvalue weighted by molar-refractivity contribution is 5.73. The molecule has 1 N–H and O–H groups in total. The SMILES string of the molecule is COC(=O)[C@@H]1C[C@@H]2CC[C@H]1[C@H](O)C2. The van der Waals surface area contributed by atoms with Crippen molar-refractivity contribution in [2.45, 2.75) is 31.8 Å². The Labute approximate surface area is 78.1 Å². The number of carbonyl (C=O) groups is 1. The summed E-state index contributed by atoms with van der Waals surface area (Å²) in [5.41, 5.74) is 0. The predicted molar refractivity (Wildman–Crippen MR) is 47.0 cm³/mol. The summed E-state index contributed by atoms with van der Waals surface area (Å²) in [7, 11) is 1.43. The van der Waals surface area contributed by atoms with Crippen LogP contribution in [0.1, 0.15) is 25.7 Å². The Hall–Kier alpha value is -0.570. The second-order valence-electron chi connectivity index (χ2n) is 4.28. The number of hydrogen-bond acceptors (Lipinski definition) is 3. The Morgan fingerprint density at radius 3 is 2.69 bits per heavy atom. The molecule has 74 valence electrons. The van der Waals surface area contributed by atoms with E-state index in [1.165, 1.54) is 13.5 Å². The quantitative estimate of drug-likeness (QED) is 0.617. The molecule has 0 unspecified atom stereocenters. The molecule has 3 aliphatic carbocycles. The van der Waals surface area contributed by atoms with E-state index < -0.39 is 0 Å². The van der Waals surface area contributed by atoms with E-state index in [-0.39, 0.29) is 23.9 Å². The van der Waals surface area contributed by atoms with Crippen LogP contribution in [0.15, 0.2) is 0 Å². The Bertz CT molecular complexity index is 214. The molecule has 3 saturated carbocycles. The largest absolute Gasteiger partial charge is 0.469 e. The fourth-order valence-corrected chi connectivity index (χ4v) is 2.89. The lowest BCUT2D eigenvalue weighted by Gasteiger charge is -2.44. The fourth-order valence-electron chi connectivity index (χ4n) is 2.89. The Morgan fingerprint density at radius 2 is 2.15 bits per heavy atom. The third-order valence-corrected chi connectivity index (χ3v) is 3.59. The standard InChI is InChI=1S/C10H16O3/c1-13-10(12)8-4-6-2-3-7(8)9(11)5-6/h6-9,11H,2-5H2,1H3/t6-,7+,8+,9+/m0/s1. The number of fused-ring (bicyclic) bond motifs is 3. The molecule has 0 aromatic rings. The first kappa shape index (κ1) is 9.00. The first-order valence-corrected chi connectivity index (χ1v) is 4.98. The average Bonchev–Trinajstić information content (AvgIpc) is 2.17. The molecule has 0 aliphatic heterocycles. The minimum Gasteiger partial charge on any atom is -0.469 e. The summed E-state index contributed by atoms with van der Waals surface area (Å²) in [4.78, 5) is 11.4. The van der Waals surface area contributed by atoms with Crippen LogP contribution in [0.2, 0.25) is 0 Å². The maximum Gasteiger partial charge on any atom is 0.309 e. The van der Waals surface area contributed by atoms with Crippen molar-refractivity contribution in [1.29, 1.82) is 0 Å². The highest BCUT2D eigenvalue weighted by Crippen LogP contribution is 2.45.